The molecular weight excluding hydrogens is 364 g/mol. The molecular formula is C24H28N2O3. The number of amides is 1. The molecule has 1 aliphatic heterocycles. The lowest BCUT2D eigenvalue weighted by Gasteiger charge is -2.29. The largest absolute Gasteiger partial charge is 0.503 e. The number of aliphatic hydroxyl groups is 1. The van der Waals surface area contributed by atoms with Crippen LogP contribution in [0.25, 0.3) is 0 Å². The van der Waals surface area contributed by atoms with Gasteiger partial charge in [0, 0.05) is 31.7 Å². The smallest absolute Gasteiger partial charge is 0.290 e. The zero-order valence-electron chi connectivity index (χ0n) is 17.6. The maximum atomic E-state index is 13.2. The molecule has 5 nitrogen and oxygen atoms in total. The van der Waals surface area contributed by atoms with Crippen LogP contribution < -0.4 is 4.90 Å². The maximum absolute atomic E-state index is 13.2. The predicted octanol–water partition coefficient (Wildman–Crippen LogP) is 4.26. The van der Waals surface area contributed by atoms with Gasteiger partial charge in [-0.05, 0) is 23.3 Å². The molecule has 1 unspecified atom stereocenters. The number of aliphatic hydroxyl groups excluding tert-OH is 1. The second kappa shape index (κ2) is 7.74. The van der Waals surface area contributed by atoms with Crippen molar-refractivity contribution in [1.29, 1.82) is 0 Å². The highest BCUT2D eigenvalue weighted by Crippen LogP contribution is 2.41. The highest BCUT2D eigenvalue weighted by atomic mass is 16.3. The first kappa shape index (κ1) is 20.6. The summed E-state index contributed by atoms with van der Waals surface area (Å²) in [6.07, 6.45) is 0. The molecule has 0 spiro atoms. The van der Waals surface area contributed by atoms with E-state index in [-0.39, 0.29) is 11.4 Å². The summed E-state index contributed by atoms with van der Waals surface area (Å²) in [5, 5.41) is 10.7. The SMILES string of the molecule is CN(C)c1ccc(C2C(C(=O)C(C)(C)C)=C(O)C(=O)N2Cc2ccccc2)cc1. The summed E-state index contributed by atoms with van der Waals surface area (Å²) in [7, 11) is 3.91. The fraction of sp³-hybridized carbons (Fsp3) is 0.333. The van der Waals surface area contributed by atoms with Crippen LogP contribution in [0.3, 0.4) is 0 Å². The minimum atomic E-state index is -0.714. The van der Waals surface area contributed by atoms with Crippen molar-refractivity contribution in [3.63, 3.8) is 0 Å². The van der Waals surface area contributed by atoms with Gasteiger partial charge in [0.05, 0.1) is 11.6 Å². The van der Waals surface area contributed by atoms with Gasteiger partial charge in [-0.15, -0.1) is 0 Å². The average Bonchev–Trinajstić information content (AvgIpc) is 2.92. The molecule has 1 aliphatic rings. The molecule has 29 heavy (non-hydrogen) atoms. The van der Waals surface area contributed by atoms with Crippen molar-refractivity contribution < 1.29 is 14.7 Å². The van der Waals surface area contributed by atoms with Crippen molar-refractivity contribution in [3.05, 3.63) is 77.1 Å². The van der Waals surface area contributed by atoms with Crippen molar-refractivity contribution in [2.45, 2.75) is 33.4 Å². The molecule has 152 valence electrons. The number of ketones is 1. The van der Waals surface area contributed by atoms with E-state index in [0.717, 1.165) is 16.8 Å². The summed E-state index contributed by atoms with van der Waals surface area (Å²) in [6, 6.07) is 16.7. The Labute approximate surface area is 172 Å². The number of benzene rings is 2. The molecule has 2 aromatic carbocycles. The lowest BCUT2D eigenvalue weighted by molar-refractivity contribution is -0.130. The molecule has 0 saturated heterocycles. The molecule has 0 bridgehead atoms. The third-order valence-electron chi connectivity index (χ3n) is 5.15. The van der Waals surface area contributed by atoms with Gasteiger partial charge < -0.3 is 14.9 Å². The van der Waals surface area contributed by atoms with Crippen LogP contribution in [0.1, 0.15) is 37.9 Å². The number of rotatable bonds is 5. The van der Waals surface area contributed by atoms with Crippen LogP contribution in [-0.2, 0) is 16.1 Å². The van der Waals surface area contributed by atoms with Crippen molar-refractivity contribution in [2.75, 3.05) is 19.0 Å². The summed E-state index contributed by atoms with van der Waals surface area (Å²) < 4.78 is 0. The van der Waals surface area contributed by atoms with E-state index in [2.05, 4.69) is 0 Å². The maximum Gasteiger partial charge on any atom is 0.290 e. The van der Waals surface area contributed by atoms with Gasteiger partial charge >= 0.3 is 0 Å². The highest BCUT2D eigenvalue weighted by molar-refractivity contribution is 6.10. The second-order valence-electron chi connectivity index (χ2n) is 8.65. The van der Waals surface area contributed by atoms with Gasteiger partial charge in [-0.1, -0.05) is 63.2 Å². The van der Waals surface area contributed by atoms with Gasteiger partial charge in [0.1, 0.15) is 0 Å². The Balaban J connectivity index is 2.08. The standard InChI is InChI=1S/C24H28N2O3/c1-24(2,3)22(28)19-20(17-11-13-18(14-12-17)25(4)5)26(23(29)21(19)27)15-16-9-7-6-8-10-16/h6-14,20,27H,15H2,1-5H3. The first-order valence-electron chi connectivity index (χ1n) is 9.71. The van der Waals surface area contributed by atoms with Crippen LogP contribution in [0, 0.1) is 5.41 Å². The van der Waals surface area contributed by atoms with Crippen molar-refractivity contribution in [3.8, 4) is 0 Å². The molecule has 2 aromatic rings. The quantitative estimate of drug-likeness (QED) is 0.826. The number of carbonyl (C=O) groups excluding carboxylic acids is 2. The molecule has 1 atom stereocenters. The van der Waals surface area contributed by atoms with Gasteiger partial charge in [0.25, 0.3) is 5.91 Å². The Morgan fingerprint density at radius 2 is 1.62 bits per heavy atom. The van der Waals surface area contributed by atoms with Crippen LogP contribution in [0.15, 0.2) is 65.9 Å². The Morgan fingerprint density at radius 1 is 1.03 bits per heavy atom. The lowest BCUT2D eigenvalue weighted by Crippen LogP contribution is -2.32. The first-order chi connectivity index (χ1) is 13.6. The number of hydrogen-bond acceptors (Lipinski definition) is 4. The first-order valence-corrected chi connectivity index (χ1v) is 9.71. The lowest BCUT2D eigenvalue weighted by atomic mass is 9.82. The number of carbonyl (C=O) groups is 2. The molecule has 0 radical (unpaired) electrons. The second-order valence-corrected chi connectivity index (χ2v) is 8.65. The van der Waals surface area contributed by atoms with E-state index in [1.807, 2.05) is 73.6 Å². The fourth-order valence-electron chi connectivity index (χ4n) is 3.53. The van der Waals surface area contributed by atoms with E-state index in [0.29, 0.717) is 6.54 Å². The molecule has 5 heteroatoms. The van der Waals surface area contributed by atoms with Gasteiger partial charge in [-0.3, -0.25) is 9.59 Å². The molecule has 1 amide bonds. The van der Waals surface area contributed by atoms with Crippen molar-refractivity contribution in [1.82, 2.24) is 4.90 Å². The minimum Gasteiger partial charge on any atom is -0.503 e. The van der Waals surface area contributed by atoms with Gasteiger partial charge in [0.15, 0.2) is 11.5 Å². The Hall–Kier alpha value is -3.08. The van der Waals surface area contributed by atoms with E-state index in [1.54, 1.807) is 25.7 Å². The van der Waals surface area contributed by atoms with Crippen LogP contribution in [0.2, 0.25) is 0 Å². The predicted molar refractivity (Wildman–Crippen MR) is 115 cm³/mol. The average molecular weight is 392 g/mol. The zero-order valence-corrected chi connectivity index (χ0v) is 17.6. The Morgan fingerprint density at radius 3 is 2.14 bits per heavy atom. The summed E-state index contributed by atoms with van der Waals surface area (Å²) >= 11 is 0. The van der Waals surface area contributed by atoms with Gasteiger partial charge in [0.2, 0.25) is 0 Å². The van der Waals surface area contributed by atoms with Gasteiger partial charge in [-0.25, -0.2) is 0 Å². The van der Waals surface area contributed by atoms with Crippen LogP contribution in [0.5, 0.6) is 0 Å². The number of Topliss-reactive ketones (excluding diaryl/α,β-unsaturated/α-hetero) is 1. The zero-order chi connectivity index (χ0) is 21.3. The Bertz CT molecular complexity index is 938. The summed E-state index contributed by atoms with van der Waals surface area (Å²) in [4.78, 5) is 29.7. The van der Waals surface area contributed by atoms with E-state index in [4.69, 9.17) is 0 Å². The molecule has 0 aliphatic carbocycles. The molecule has 0 aromatic heterocycles. The van der Waals surface area contributed by atoms with E-state index in [9.17, 15) is 14.7 Å². The minimum absolute atomic E-state index is 0.177. The van der Waals surface area contributed by atoms with Crippen LogP contribution >= 0.6 is 0 Å². The number of hydrogen-bond donors (Lipinski definition) is 1. The van der Waals surface area contributed by atoms with Crippen LogP contribution in [-0.4, -0.2) is 35.8 Å². The van der Waals surface area contributed by atoms with Crippen molar-refractivity contribution >= 4 is 17.4 Å². The van der Waals surface area contributed by atoms with E-state index in [1.165, 1.54) is 0 Å². The molecule has 0 fully saturated rings. The fourth-order valence-corrected chi connectivity index (χ4v) is 3.53. The normalized spacial score (nSPS) is 17.1. The number of nitrogens with zero attached hydrogens (tertiary/aromatic N) is 2. The summed E-state index contributed by atoms with van der Waals surface area (Å²) in [5.41, 5.74) is 2.22. The monoisotopic (exact) mass is 392 g/mol. The third-order valence-corrected chi connectivity index (χ3v) is 5.15. The summed E-state index contributed by atoms with van der Waals surface area (Å²) in [5.74, 6) is -1.17. The molecule has 1 N–H and O–H groups in total. The van der Waals surface area contributed by atoms with Crippen molar-refractivity contribution in [2.24, 2.45) is 5.41 Å². The number of anilines is 1. The topological polar surface area (TPSA) is 60.9 Å². The van der Waals surface area contributed by atoms with E-state index >= 15 is 0 Å². The third kappa shape index (κ3) is 4.04. The molecule has 0 saturated carbocycles. The summed E-state index contributed by atoms with van der Waals surface area (Å²) in [6.45, 7) is 5.70. The Kier molecular flexibility index (Phi) is 5.51. The van der Waals surface area contributed by atoms with Gasteiger partial charge in [-0.2, -0.15) is 0 Å². The highest BCUT2D eigenvalue weighted by Gasteiger charge is 2.45. The van der Waals surface area contributed by atoms with Crippen LogP contribution in [0.4, 0.5) is 5.69 Å². The molecule has 3 rings (SSSR count). The molecule has 1 heterocycles. The van der Waals surface area contributed by atoms with E-state index < -0.39 is 23.1 Å².